The molecule has 0 aliphatic heterocycles. The first-order valence-corrected chi connectivity index (χ1v) is 2.70. The van der Waals surface area contributed by atoms with Crippen molar-refractivity contribution in [3.8, 4) is 0 Å². The average Bonchev–Trinajstić information content (AvgIpc) is 1.66. The molecule has 1 N–H and O–H groups in total. The first-order valence-electron chi connectivity index (χ1n) is 2.70. The SMILES string of the molecule is CCCCNC(=O)F. The van der Waals surface area contributed by atoms with E-state index in [0.29, 0.717) is 6.54 Å². The second kappa shape index (κ2) is 4.56. The van der Waals surface area contributed by atoms with E-state index < -0.39 is 6.16 Å². The van der Waals surface area contributed by atoms with E-state index in [9.17, 15) is 9.18 Å². The lowest BCUT2D eigenvalue weighted by Crippen LogP contribution is -2.17. The lowest BCUT2D eigenvalue weighted by Gasteiger charge is -1.93. The molecular formula is C5H10FNO. The Hall–Kier alpha value is -0.600. The minimum absolute atomic E-state index is 0.450. The Kier molecular flexibility index (Phi) is 4.21. The van der Waals surface area contributed by atoms with Crippen LogP contribution in [0.4, 0.5) is 9.18 Å². The van der Waals surface area contributed by atoms with Gasteiger partial charge in [0.1, 0.15) is 0 Å². The summed E-state index contributed by atoms with van der Waals surface area (Å²) in [6, 6.07) is 0. The highest BCUT2D eigenvalue weighted by atomic mass is 19.1. The van der Waals surface area contributed by atoms with E-state index in [4.69, 9.17) is 0 Å². The van der Waals surface area contributed by atoms with E-state index in [2.05, 4.69) is 0 Å². The van der Waals surface area contributed by atoms with Gasteiger partial charge in [-0.3, -0.25) is 0 Å². The summed E-state index contributed by atoms with van der Waals surface area (Å²) in [5, 5.41) is 2.04. The van der Waals surface area contributed by atoms with Gasteiger partial charge in [0.25, 0.3) is 0 Å². The van der Waals surface area contributed by atoms with Gasteiger partial charge in [-0.2, -0.15) is 0 Å². The summed E-state index contributed by atoms with van der Waals surface area (Å²) in [5.74, 6) is 0. The van der Waals surface area contributed by atoms with Gasteiger partial charge in [0.05, 0.1) is 0 Å². The third kappa shape index (κ3) is 5.40. The van der Waals surface area contributed by atoms with Crippen molar-refractivity contribution in [2.24, 2.45) is 0 Å². The van der Waals surface area contributed by atoms with E-state index >= 15 is 0 Å². The molecule has 48 valence electrons. The molecule has 0 saturated carbocycles. The quantitative estimate of drug-likeness (QED) is 0.340. The van der Waals surface area contributed by atoms with E-state index in [1.807, 2.05) is 12.2 Å². The standard InChI is InChI=1S/C5H10FNO/c1-2-3-4-7-5(6)8/h2-4H2,1H3,(H,7,8). The van der Waals surface area contributed by atoms with Gasteiger partial charge in [-0.15, -0.1) is 4.39 Å². The molecule has 0 aromatic carbocycles. The molecule has 0 rings (SSSR count). The molecule has 0 unspecified atom stereocenters. The lowest BCUT2D eigenvalue weighted by atomic mass is 10.3. The van der Waals surface area contributed by atoms with Crippen LogP contribution >= 0.6 is 0 Å². The normalized spacial score (nSPS) is 8.75. The number of nitrogens with one attached hydrogen (secondary N) is 1. The molecule has 0 radical (unpaired) electrons. The molecule has 3 heteroatoms. The summed E-state index contributed by atoms with van der Waals surface area (Å²) < 4.78 is 11.3. The second-order valence-electron chi connectivity index (χ2n) is 1.55. The Morgan fingerprint density at radius 1 is 1.75 bits per heavy atom. The zero-order valence-electron chi connectivity index (χ0n) is 4.91. The van der Waals surface area contributed by atoms with Crippen LogP contribution < -0.4 is 5.32 Å². The molecule has 0 aliphatic carbocycles. The third-order valence-corrected chi connectivity index (χ3v) is 0.794. The van der Waals surface area contributed by atoms with E-state index in [1.54, 1.807) is 0 Å². The van der Waals surface area contributed by atoms with Crippen LogP contribution in [0.2, 0.25) is 0 Å². The van der Waals surface area contributed by atoms with Gasteiger partial charge in [-0.05, 0) is 6.42 Å². The number of hydrogen-bond acceptors (Lipinski definition) is 1. The van der Waals surface area contributed by atoms with Crippen LogP contribution in [-0.2, 0) is 0 Å². The minimum atomic E-state index is -1.43. The molecule has 0 aromatic rings. The number of hydrogen-bond donors (Lipinski definition) is 1. The molecule has 0 atom stereocenters. The predicted octanol–water partition coefficient (Wildman–Crippen LogP) is 1.47. The highest BCUT2D eigenvalue weighted by Crippen LogP contribution is 1.82. The number of amides is 1. The average molecular weight is 119 g/mol. The first-order chi connectivity index (χ1) is 3.77. The number of carbonyl (C=O) groups is 1. The smallest absolute Gasteiger partial charge is 0.328 e. The van der Waals surface area contributed by atoms with Crippen LogP contribution in [0.15, 0.2) is 0 Å². The lowest BCUT2D eigenvalue weighted by molar-refractivity contribution is 0.221. The second-order valence-corrected chi connectivity index (χ2v) is 1.55. The number of halogens is 1. The monoisotopic (exact) mass is 119 g/mol. The molecule has 0 heterocycles. The summed E-state index contributed by atoms with van der Waals surface area (Å²) in [5.41, 5.74) is 0. The maximum Gasteiger partial charge on any atom is 0.397 e. The molecular weight excluding hydrogens is 109 g/mol. The maximum atomic E-state index is 11.3. The molecule has 0 saturated heterocycles. The highest BCUT2D eigenvalue weighted by Gasteiger charge is 1.90. The van der Waals surface area contributed by atoms with Crippen molar-refractivity contribution >= 4 is 6.16 Å². The highest BCUT2D eigenvalue weighted by molar-refractivity contribution is 5.65. The Bertz CT molecular complexity index is 74.8. The molecule has 1 amide bonds. The van der Waals surface area contributed by atoms with Gasteiger partial charge in [0, 0.05) is 6.54 Å². The first kappa shape index (κ1) is 7.40. The fourth-order valence-electron chi connectivity index (χ4n) is 0.363. The maximum absolute atomic E-state index is 11.3. The summed E-state index contributed by atoms with van der Waals surface area (Å²) >= 11 is 0. The molecule has 0 aromatic heterocycles. The summed E-state index contributed by atoms with van der Waals surface area (Å²) in [4.78, 5) is 9.54. The molecule has 0 fully saturated rings. The van der Waals surface area contributed by atoms with Crippen LogP contribution in [0, 0.1) is 0 Å². The van der Waals surface area contributed by atoms with Gasteiger partial charge in [-0.1, -0.05) is 13.3 Å². The van der Waals surface area contributed by atoms with Crippen LogP contribution in [0.3, 0.4) is 0 Å². The topological polar surface area (TPSA) is 29.1 Å². The van der Waals surface area contributed by atoms with Crippen LogP contribution in [0.5, 0.6) is 0 Å². The van der Waals surface area contributed by atoms with Gasteiger partial charge in [0.2, 0.25) is 0 Å². The third-order valence-electron chi connectivity index (χ3n) is 0.794. The Morgan fingerprint density at radius 2 is 2.38 bits per heavy atom. The zero-order valence-corrected chi connectivity index (χ0v) is 4.91. The molecule has 8 heavy (non-hydrogen) atoms. The predicted molar refractivity (Wildman–Crippen MR) is 29.4 cm³/mol. The van der Waals surface area contributed by atoms with Crippen molar-refractivity contribution in [2.45, 2.75) is 19.8 Å². The fourth-order valence-corrected chi connectivity index (χ4v) is 0.363. The number of carbonyl (C=O) groups excluding carboxylic acids is 1. The van der Waals surface area contributed by atoms with Gasteiger partial charge in [-0.25, -0.2) is 4.79 Å². The number of rotatable bonds is 3. The van der Waals surface area contributed by atoms with E-state index in [-0.39, 0.29) is 0 Å². The van der Waals surface area contributed by atoms with Gasteiger partial charge in [0.15, 0.2) is 0 Å². The zero-order chi connectivity index (χ0) is 6.41. The van der Waals surface area contributed by atoms with Crippen molar-refractivity contribution in [1.82, 2.24) is 5.32 Å². The van der Waals surface area contributed by atoms with Gasteiger partial charge < -0.3 is 5.32 Å². The van der Waals surface area contributed by atoms with Gasteiger partial charge >= 0.3 is 6.16 Å². The Labute approximate surface area is 48.1 Å². The summed E-state index contributed by atoms with van der Waals surface area (Å²) in [6.45, 7) is 2.43. The van der Waals surface area contributed by atoms with E-state index in [0.717, 1.165) is 12.8 Å². The Morgan fingerprint density at radius 3 is 2.75 bits per heavy atom. The van der Waals surface area contributed by atoms with Crippen molar-refractivity contribution in [3.05, 3.63) is 0 Å². The Balaban J connectivity index is 2.82. The molecule has 2 nitrogen and oxygen atoms in total. The molecule has 0 aliphatic rings. The van der Waals surface area contributed by atoms with Crippen molar-refractivity contribution in [1.29, 1.82) is 0 Å². The van der Waals surface area contributed by atoms with Crippen LogP contribution in [0.1, 0.15) is 19.8 Å². The fraction of sp³-hybridized carbons (Fsp3) is 0.800. The van der Waals surface area contributed by atoms with Crippen LogP contribution in [0.25, 0.3) is 0 Å². The summed E-state index contributed by atoms with van der Waals surface area (Å²) in [6.07, 6.45) is 0.383. The largest absolute Gasteiger partial charge is 0.397 e. The van der Waals surface area contributed by atoms with E-state index in [1.165, 1.54) is 0 Å². The molecule has 0 bridgehead atoms. The minimum Gasteiger partial charge on any atom is -0.328 e. The van der Waals surface area contributed by atoms with Crippen molar-refractivity contribution in [3.63, 3.8) is 0 Å². The van der Waals surface area contributed by atoms with Crippen LogP contribution in [-0.4, -0.2) is 12.7 Å². The summed E-state index contributed by atoms with van der Waals surface area (Å²) in [7, 11) is 0. The number of unbranched alkanes of at least 4 members (excludes halogenated alkanes) is 1. The van der Waals surface area contributed by atoms with Crippen molar-refractivity contribution < 1.29 is 9.18 Å². The molecule has 0 spiro atoms. The van der Waals surface area contributed by atoms with Crippen molar-refractivity contribution in [2.75, 3.05) is 6.54 Å².